The van der Waals surface area contributed by atoms with Crippen LogP contribution in [0, 0.1) is 6.92 Å². The van der Waals surface area contributed by atoms with Gasteiger partial charge in [0.2, 0.25) is 5.95 Å². The normalized spacial score (nSPS) is 10.4. The molecule has 1 aromatic heterocycles. The van der Waals surface area contributed by atoms with Crippen molar-refractivity contribution < 1.29 is 4.79 Å². The highest BCUT2D eigenvalue weighted by atomic mass is 35.5. The van der Waals surface area contributed by atoms with Gasteiger partial charge in [-0.1, -0.05) is 54.1 Å². The van der Waals surface area contributed by atoms with Crippen LogP contribution in [0.5, 0.6) is 0 Å². The number of aromatic nitrogens is 2. The third kappa shape index (κ3) is 4.80. The first kappa shape index (κ1) is 17.9. The van der Waals surface area contributed by atoms with E-state index in [9.17, 15) is 4.79 Å². The number of aryl methyl sites for hydroxylation is 1. The minimum Gasteiger partial charge on any atom is -0.354 e. The largest absolute Gasteiger partial charge is 0.354 e. The Morgan fingerprint density at radius 1 is 1.04 bits per heavy atom. The van der Waals surface area contributed by atoms with Crippen LogP contribution in [0.3, 0.4) is 0 Å². The number of amides is 1. The van der Waals surface area contributed by atoms with Gasteiger partial charge in [0.25, 0.3) is 5.91 Å². The average molecular weight is 367 g/mol. The SMILES string of the molecule is Cc1cc(C(=O)Nc2ccccc2Cl)nc(NCCc2ccccc2)n1. The molecule has 6 heteroatoms. The summed E-state index contributed by atoms with van der Waals surface area (Å²) in [4.78, 5) is 21.1. The van der Waals surface area contributed by atoms with E-state index in [4.69, 9.17) is 11.6 Å². The number of para-hydroxylation sites is 1. The van der Waals surface area contributed by atoms with Crippen molar-refractivity contribution in [2.24, 2.45) is 0 Å². The van der Waals surface area contributed by atoms with Gasteiger partial charge in [-0.3, -0.25) is 4.79 Å². The third-order valence-corrected chi connectivity index (χ3v) is 4.08. The molecule has 0 fully saturated rings. The number of carbonyl (C=O) groups excluding carboxylic acids is 1. The average Bonchev–Trinajstić information content (AvgIpc) is 2.64. The Morgan fingerprint density at radius 2 is 1.77 bits per heavy atom. The van der Waals surface area contributed by atoms with E-state index in [-0.39, 0.29) is 5.91 Å². The lowest BCUT2D eigenvalue weighted by Crippen LogP contribution is -2.17. The van der Waals surface area contributed by atoms with E-state index in [0.717, 1.165) is 6.42 Å². The van der Waals surface area contributed by atoms with E-state index in [1.807, 2.05) is 37.3 Å². The molecule has 2 aromatic carbocycles. The summed E-state index contributed by atoms with van der Waals surface area (Å²) in [5, 5.41) is 6.43. The van der Waals surface area contributed by atoms with Gasteiger partial charge in [-0.25, -0.2) is 9.97 Å². The lowest BCUT2D eigenvalue weighted by molar-refractivity contribution is 0.102. The molecule has 1 amide bonds. The van der Waals surface area contributed by atoms with Crippen LogP contribution in [-0.2, 0) is 6.42 Å². The monoisotopic (exact) mass is 366 g/mol. The van der Waals surface area contributed by atoms with E-state index in [1.165, 1.54) is 5.56 Å². The molecule has 132 valence electrons. The van der Waals surface area contributed by atoms with E-state index >= 15 is 0 Å². The summed E-state index contributed by atoms with van der Waals surface area (Å²) in [7, 11) is 0. The number of hydrogen-bond acceptors (Lipinski definition) is 4. The quantitative estimate of drug-likeness (QED) is 0.680. The van der Waals surface area contributed by atoms with Gasteiger partial charge in [0.15, 0.2) is 0 Å². The summed E-state index contributed by atoms with van der Waals surface area (Å²) in [5.41, 5.74) is 2.78. The standard InChI is InChI=1S/C20H19ClN4O/c1-14-13-18(19(26)24-17-10-6-5-9-16(17)21)25-20(23-14)22-12-11-15-7-3-2-4-8-15/h2-10,13H,11-12H2,1H3,(H,24,26)(H,22,23,25). The van der Waals surface area contributed by atoms with Gasteiger partial charge in [-0.2, -0.15) is 0 Å². The second-order valence-corrected chi connectivity index (χ2v) is 6.22. The molecular formula is C20H19ClN4O. The molecule has 0 spiro atoms. The molecule has 0 unspecified atom stereocenters. The van der Waals surface area contributed by atoms with Crippen molar-refractivity contribution in [3.8, 4) is 0 Å². The molecule has 0 aliphatic heterocycles. The smallest absolute Gasteiger partial charge is 0.274 e. The predicted molar refractivity (Wildman–Crippen MR) is 105 cm³/mol. The van der Waals surface area contributed by atoms with Crippen molar-refractivity contribution in [3.63, 3.8) is 0 Å². The number of carbonyl (C=O) groups is 1. The van der Waals surface area contributed by atoms with Crippen LogP contribution in [0.1, 0.15) is 21.7 Å². The summed E-state index contributed by atoms with van der Waals surface area (Å²) >= 11 is 6.09. The van der Waals surface area contributed by atoms with Gasteiger partial charge in [0.1, 0.15) is 5.69 Å². The Balaban J connectivity index is 1.67. The Kier molecular flexibility index (Phi) is 5.81. The van der Waals surface area contributed by atoms with Gasteiger partial charge in [-0.15, -0.1) is 0 Å². The third-order valence-electron chi connectivity index (χ3n) is 3.75. The molecule has 0 saturated carbocycles. The number of benzene rings is 2. The minimum atomic E-state index is -0.324. The highest BCUT2D eigenvalue weighted by Gasteiger charge is 2.12. The maximum atomic E-state index is 12.5. The minimum absolute atomic E-state index is 0.291. The highest BCUT2D eigenvalue weighted by Crippen LogP contribution is 2.21. The summed E-state index contributed by atoms with van der Waals surface area (Å²) in [6.45, 7) is 2.51. The second-order valence-electron chi connectivity index (χ2n) is 5.81. The first-order valence-electron chi connectivity index (χ1n) is 8.31. The summed E-state index contributed by atoms with van der Waals surface area (Å²) < 4.78 is 0. The molecule has 3 rings (SSSR count). The van der Waals surface area contributed by atoms with E-state index in [2.05, 4.69) is 32.7 Å². The summed E-state index contributed by atoms with van der Waals surface area (Å²) in [5.74, 6) is 0.111. The first-order chi connectivity index (χ1) is 12.6. The van der Waals surface area contributed by atoms with Gasteiger partial charge in [-0.05, 0) is 37.1 Å². The molecule has 0 aliphatic carbocycles. The number of halogens is 1. The summed E-state index contributed by atoms with van der Waals surface area (Å²) in [6.07, 6.45) is 0.847. The van der Waals surface area contributed by atoms with Gasteiger partial charge < -0.3 is 10.6 Å². The van der Waals surface area contributed by atoms with Crippen LogP contribution in [0.25, 0.3) is 0 Å². The first-order valence-corrected chi connectivity index (χ1v) is 8.69. The van der Waals surface area contributed by atoms with Gasteiger partial charge >= 0.3 is 0 Å². The molecular weight excluding hydrogens is 348 g/mol. The van der Waals surface area contributed by atoms with E-state index in [1.54, 1.807) is 18.2 Å². The molecule has 26 heavy (non-hydrogen) atoms. The molecule has 1 heterocycles. The van der Waals surface area contributed by atoms with Crippen LogP contribution in [0.2, 0.25) is 5.02 Å². The molecule has 2 N–H and O–H groups in total. The van der Waals surface area contributed by atoms with Crippen molar-refractivity contribution in [2.45, 2.75) is 13.3 Å². The van der Waals surface area contributed by atoms with Crippen LogP contribution in [-0.4, -0.2) is 22.4 Å². The fraction of sp³-hybridized carbons (Fsp3) is 0.150. The second kappa shape index (κ2) is 8.45. The van der Waals surface area contributed by atoms with Crippen LogP contribution < -0.4 is 10.6 Å². The van der Waals surface area contributed by atoms with Crippen LogP contribution >= 0.6 is 11.6 Å². The van der Waals surface area contributed by atoms with Crippen LogP contribution in [0.4, 0.5) is 11.6 Å². The maximum absolute atomic E-state index is 12.5. The summed E-state index contributed by atoms with van der Waals surface area (Å²) in [6, 6.07) is 18.9. The van der Waals surface area contributed by atoms with Crippen LogP contribution in [0.15, 0.2) is 60.7 Å². The number of nitrogens with zero attached hydrogens (tertiary/aromatic N) is 2. The van der Waals surface area contributed by atoms with E-state index in [0.29, 0.717) is 34.6 Å². The van der Waals surface area contributed by atoms with Gasteiger partial charge in [0.05, 0.1) is 10.7 Å². The lowest BCUT2D eigenvalue weighted by atomic mass is 10.1. The maximum Gasteiger partial charge on any atom is 0.274 e. The van der Waals surface area contributed by atoms with Crippen molar-refractivity contribution in [1.29, 1.82) is 0 Å². The number of nitrogens with one attached hydrogen (secondary N) is 2. The van der Waals surface area contributed by atoms with Crippen molar-refractivity contribution in [1.82, 2.24) is 9.97 Å². The fourth-order valence-corrected chi connectivity index (χ4v) is 2.66. The number of rotatable bonds is 6. The van der Waals surface area contributed by atoms with Gasteiger partial charge in [0, 0.05) is 12.2 Å². The van der Waals surface area contributed by atoms with E-state index < -0.39 is 0 Å². The fourth-order valence-electron chi connectivity index (χ4n) is 2.48. The zero-order valence-electron chi connectivity index (χ0n) is 14.4. The Labute approximate surface area is 157 Å². The molecule has 0 atom stereocenters. The molecule has 0 aliphatic rings. The Morgan fingerprint density at radius 3 is 2.54 bits per heavy atom. The Hall–Kier alpha value is -2.92. The van der Waals surface area contributed by atoms with Crippen molar-refractivity contribution >= 4 is 29.1 Å². The molecule has 3 aromatic rings. The zero-order valence-corrected chi connectivity index (χ0v) is 15.1. The highest BCUT2D eigenvalue weighted by molar-refractivity contribution is 6.33. The predicted octanol–water partition coefficient (Wildman–Crippen LogP) is 4.35. The molecule has 0 bridgehead atoms. The van der Waals surface area contributed by atoms with Crippen molar-refractivity contribution in [3.05, 3.63) is 82.6 Å². The number of anilines is 2. The number of hydrogen-bond donors (Lipinski definition) is 2. The zero-order chi connectivity index (χ0) is 18.4. The molecule has 0 saturated heterocycles. The topological polar surface area (TPSA) is 66.9 Å². The molecule has 0 radical (unpaired) electrons. The Bertz CT molecular complexity index is 899. The molecule has 5 nitrogen and oxygen atoms in total. The van der Waals surface area contributed by atoms with Crippen molar-refractivity contribution in [2.75, 3.05) is 17.2 Å². The lowest BCUT2D eigenvalue weighted by Gasteiger charge is -2.10.